The van der Waals surface area contributed by atoms with Crippen LogP contribution in [0, 0.1) is 11.8 Å². The summed E-state index contributed by atoms with van der Waals surface area (Å²) >= 11 is 3.72. The van der Waals surface area contributed by atoms with Crippen LogP contribution in [0.4, 0.5) is 0 Å². The molecule has 1 saturated heterocycles. The van der Waals surface area contributed by atoms with Crippen LogP contribution in [0.25, 0.3) is 0 Å². The molecular formula is C31H40N2O2S2. The molecule has 2 aromatic carbocycles. The Morgan fingerprint density at radius 3 is 2.46 bits per heavy atom. The number of nitrogens with zero attached hydrogens (tertiary/aromatic N) is 2. The highest BCUT2D eigenvalue weighted by molar-refractivity contribution is 7.99. The van der Waals surface area contributed by atoms with E-state index in [1.54, 1.807) is 0 Å². The van der Waals surface area contributed by atoms with Crippen molar-refractivity contribution in [1.29, 1.82) is 0 Å². The lowest BCUT2D eigenvalue weighted by Crippen LogP contribution is -2.31. The molecule has 0 amide bonds. The Hall–Kier alpha value is -2.15. The van der Waals surface area contributed by atoms with Crippen LogP contribution in [-0.2, 0) is 21.7 Å². The third-order valence-corrected chi connectivity index (χ3v) is 9.06. The Balaban J connectivity index is 1.50. The second kappa shape index (κ2) is 14.7. The summed E-state index contributed by atoms with van der Waals surface area (Å²) in [5.41, 5.74) is 3.58. The molecule has 1 heterocycles. The minimum atomic E-state index is -0.0415. The fourth-order valence-corrected chi connectivity index (χ4v) is 6.36. The summed E-state index contributed by atoms with van der Waals surface area (Å²) in [7, 11) is 0. The third kappa shape index (κ3) is 8.17. The predicted octanol–water partition coefficient (Wildman–Crippen LogP) is 6.81. The summed E-state index contributed by atoms with van der Waals surface area (Å²) in [6.07, 6.45) is 7.07. The van der Waals surface area contributed by atoms with Crippen LogP contribution in [0.3, 0.4) is 0 Å². The zero-order valence-electron chi connectivity index (χ0n) is 22.2. The van der Waals surface area contributed by atoms with Crippen LogP contribution in [0.1, 0.15) is 37.8 Å². The number of hydrogen-bond acceptors (Lipinski definition) is 6. The zero-order chi connectivity index (χ0) is 25.9. The van der Waals surface area contributed by atoms with Crippen LogP contribution in [0.2, 0.25) is 0 Å². The van der Waals surface area contributed by atoms with Gasteiger partial charge in [-0.3, -0.25) is 4.79 Å². The minimum absolute atomic E-state index is 0.0415. The van der Waals surface area contributed by atoms with E-state index in [2.05, 4.69) is 89.8 Å². The van der Waals surface area contributed by atoms with E-state index >= 15 is 0 Å². The Kier molecular flexibility index (Phi) is 11.1. The van der Waals surface area contributed by atoms with Gasteiger partial charge in [-0.15, -0.1) is 0 Å². The summed E-state index contributed by atoms with van der Waals surface area (Å²) < 4.78 is 8.74. The molecule has 0 aromatic heterocycles. The fourth-order valence-electron chi connectivity index (χ4n) is 4.92. The molecule has 0 saturated carbocycles. The monoisotopic (exact) mass is 536 g/mol. The van der Waals surface area contributed by atoms with Crippen molar-refractivity contribution in [2.24, 2.45) is 11.8 Å². The van der Waals surface area contributed by atoms with Crippen molar-refractivity contribution < 1.29 is 9.53 Å². The van der Waals surface area contributed by atoms with Gasteiger partial charge in [0.05, 0.1) is 19.0 Å². The number of ketones is 1. The van der Waals surface area contributed by atoms with Crippen LogP contribution >= 0.6 is 23.7 Å². The average molecular weight is 537 g/mol. The SMILES string of the molecule is CCSCCOC1=C(N2CCN(SCc3ccccc3)C2)C=CCC(C)C(CCc2ccccc2)C1=O. The summed E-state index contributed by atoms with van der Waals surface area (Å²) in [5.74, 6) is 3.91. The van der Waals surface area contributed by atoms with Crippen molar-refractivity contribution in [2.75, 3.05) is 37.9 Å². The largest absolute Gasteiger partial charge is 0.487 e. The molecule has 37 heavy (non-hydrogen) atoms. The van der Waals surface area contributed by atoms with Gasteiger partial charge in [0.15, 0.2) is 5.76 Å². The number of Topliss-reactive ketones (excluding diaryl/α,β-unsaturated/α-hetero) is 1. The summed E-state index contributed by atoms with van der Waals surface area (Å²) in [4.78, 5) is 16.4. The van der Waals surface area contributed by atoms with Gasteiger partial charge in [0.25, 0.3) is 0 Å². The molecule has 1 fully saturated rings. The molecule has 1 aliphatic carbocycles. The van der Waals surface area contributed by atoms with Crippen molar-refractivity contribution in [2.45, 2.75) is 38.9 Å². The van der Waals surface area contributed by atoms with Crippen molar-refractivity contribution in [3.8, 4) is 0 Å². The molecule has 6 heteroatoms. The van der Waals surface area contributed by atoms with Crippen molar-refractivity contribution in [3.05, 3.63) is 95.4 Å². The Bertz CT molecular complexity index is 1040. The number of thioether (sulfide) groups is 1. The van der Waals surface area contributed by atoms with E-state index in [1.807, 2.05) is 29.8 Å². The smallest absolute Gasteiger partial charge is 0.202 e. The second-order valence-electron chi connectivity index (χ2n) is 9.74. The Morgan fingerprint density at radius 2 is 1.73 bits per heavy atom. The number of aryl methyl sites for hydroxylation is 1. The number of carbonyl (C=O) groups excluding carboxylic acids is 1. The maximum atomic E-state index is 14.1. The number of benzene rings is 2. The molecule has 0 bridgehead atoms. The average Bonchev–Trinajstić information content (AvgIpc) is 3.40. The summed E-state index contributed by atoms with van der Waals surface area (Å²) in [6.45, 7) is 7.60. The molecule has 2 aromatic rings. The standard InChI is InChI=1S/C31H40N2O2S2/c1-3-36-22-21-35-31-29(32-19-20-33(24-32)37-23-27-14-8-5-9-15-27)16-10-11-25(2)28(30(31)34)18-17-26-12-6-4-7-13-26/h4-10,12-16,25,28H,3,11,17-24H2,1-2H3. The predicted molar refractivity (Wildman–Crippen MR) is 158 cm³/mol. The first-order chi connectivity index (χ1) is 18.2. The van der Waals surface area contributed by atoms with E-state index in [9.17, 15) is 4.79 Å². The molecule has 198 valence electrons. The summed E-state index contributed by atoms with van der Waals surface area (Å²) in [5, 5.41) is 0. The number of allylic oxidation sites excluding steroid dienone is 3. The van der Waals surface area contributed by atoms with Crippen LogP contribution in [-0.4, -0.2) is 52.9 Å². The quantitative estimate of drug-likeness (QED) is 0.219. The highest BCUT2D eigenvalue weighted by atomic mass is 32.2. The van der Waals surface area contributed by atoms with Crippen LogP contribution in [0.15, 0.2) is 84.3 Å². The van der Waals surface area contributed by atoms with E-state index in [4.69, 9.17) is 4.74 Å². The van der Waals surface area contributed by atoms with Gasteiger partial charge in [-0.25, -0.2) is 4.31 Å². The molecule has 0 spiro atoms. The molecule has 0 N–H and O–H groups in total. The fraction of sp³-hybridized carbons (Fsp3) is 0.452. The summed E-state index contributed by atoms with van der Waals surface area (Å²) in [6, 6.07) is 21.1. The van der Waals surface area contributed by atoms with Crippen molar-refractivity contribution in [1.82, 2.24) is 9.21 Å². The first-order valence-corrected chi connectivity index (χ1v) is 15.6. The lowest BCUT2D eigenvalue weighted by atomic mass is 9.81. The number of rotatable bonds is 12. The lowest BCUT2D eigenvalue weighted by Gasteiger charge is -2.29. The number of hydrogen-bond donors (Lipinski definition) is 0. The highest BCUT2D eigenvalue weighted by Crippen LogP contribution is 2.32. The first kappa shape index (κ1) is 27.9. The van der Waals surface area contributed by atoms with Gasteiger partial charge in [0, 0.05) is 30.5 Å². The molecule has 4 nitrogen and oxygen atoms in total. The number of carbonyl (C=O) groups is 1. The molecule has 2 unspecified atom stereocenters. The van der Waals surface area contributed by atoms with Crippen molar-refractivity contribution in [3.63, 3.8) is 0 Å². The highest BCUT2D eigenvalue weighted by Gasteiger charge is 2.34. The van der Waals surface area contributed by atoms with Gasteiger partial charge in [-0.1, -0.05) is 92.5 Å². The molecule has 2 atom stereocenters. The molecule has 0 radical (unpaired) electrons. The van der Waals surface area contributed by atoms with Crippen LogP contribution in [0.5, 0.6) is 0 Å². The number of ether oxygens (including phenoxy) is 1. The zero-order valence-corrected chi connectivity index (χ0v) is 23.8. The van der Waals surface area contributed by atoms with Gasteiger partial charge in [0.1, 0.15) is 0 Å². The molecule has 2 aliphatic rings. The lowest BCUT2D eigenvalue weighted by molar-refractivity contribution is -0.124. The first-order valence-electron chi connectivity index (χ1n) is 13.5. The van der Waals surface area contributed by atoms with E-state index < -0.39 is 0 Å². The van der Waals surface area contributed by atoms with Gasteiger partial charge in [-0.2, -0.15) is 11.8 Å². The molecular weight excluding hydrogens is 496 g/mol. The Labute approximate surface area is 231 Å². The minimum Gasteiger partial charge on any atom is -0.487 e. The van der Waals surface area contributed by atoms with E-state index in [0.29, 0.717) is 12.4 Å². The van der Waals surface area contributed by atoms with Crippen LogP contribution < -0.4 is 0 Å². The molecule has 4 rings (SSSR count). The molecule has 1 aliphatic heterocycles. The van der Waals surface area contributed by atoms with Gasteiger partial charge in [-0.05, 0) is 48.1 Å². The van der Waals surface area contributed by atoms with Crippen molar-refractivity contribution >= 4 is 29.5 Å². The topological polar surface area (TPSA) is 32.8 Å². The maximum absolute atomic E-state index is 14.1. The normalized spacial score (nSPS) is 20.8. The van der Waals surface area contributed by atoms with Gasteiger partial charge >= 0.3 is 0 Å². The van der Waals surface area contributed by atoms with Gasteiger partial charge < -0.3 is 9.64 Å². The Morgan fingerprint density at radius 1 is 1.00 bits per heavy atom. The second-order valence-corrected chi connectivity index (χ2v) is 12.2. The van der Waals surface area contributed by atoms with Gasteiger partial charge in [0.2, 0.25) is 5.78 Å². The van der Waals surface area contributed by atoms with E-state index in [0.717, 1.165) is 62.0 Å². The van der Waals surface area contributed by atoms with E-state index in [-0.39, 0.29) is 17.6 Å². The third-order valence-electron chi connectivity index (χ3n) is 7.07. The maximum Gasteiger partial charge on any atom is 0.202 e. The van der Waals surface area contributed by atoms with E-state index in [1.165, 1.54) is 11.1 Å².